The van der Waals surface area contributed by atoms with Gasteiger partial charge in [0.2, 0.25) is 0 Å². The molecule has 0 bridgehead atoms. The van der Waals surface area contributed by atoms with E-state index in [0.29, 0.717) is 10.5 Å². The third-order valence-corrected chi connectivity index (χ3v) is 3.03. The second-order valence-corrected chi connectivity index (χ2v) is 4.14. The predicted molar refractivity (Wildman–Crippen MR) is 65.7 cm³/mol. The van der Waals surface area contributed by atoms with Crippen LogP contribution in [0.4, 0.5) is 10.1 Å². The lowest BCUT2D eigenvalue weighted by Gasteiger charge is -2.12. The number of fused-ring (bicyclic) bond motifs is 1. The van der Waals surface area contributed by atoms with Gasteiger partial charge in [0, 0.05) is 23.8 Å². The third kappa shape index (κ3) is 1.61. The Hall–Kier alpha value is -1.35. The lowest BCUT2D eigenvalue weighted by atomic mass is 10.1. The summed E-state index contributed by atoms with van der Waals surface area (Å²) in [6, 6.07) is 2.73. The first-order valence-electron chi connectivity index (χ1n) is 4.98. The summed E-state index contributed by atoms with van der Waals surface area (Å²) in [4.78, 5) is 4.39. The minimum absolute atomic E-state index is 0.342. The van der Waals surface area contributed by atoms with Crippen LogP contribution in [0.15, 0.2) is 12.1 Å². The summed E-state index contributed by atoms with van der Waals surface area (Å²) in [6.07, 6.45) is 0. The number of aromatic nitrogens is 1. The number of pyridine rings is 1. The summed E-state index contributed by atoms with van der Waals surface area (Å²) in [7, 11) is 1.81. The van der Waals surface area contributed by atoms with Crippen LogP contribution in [0.25, 0.3) is 10.9 Å². The molecule has 16 heavy (non-hydrogen) atoms. The van der Waals surface area contributed by atoms with Gasteiger partial charge < -0.3 is 5.32 Å². The van der Waals surface area contributed by atoms with Gasteiger partial charge in [0.25, 0.3) is 0 Å². The van der Waals surface area contributed by atoms with E-state index in [2.05, 4.69) is 10.3 Å². The Morgan fingerprint density at radius 2 is 2.00 bits per heavy atom. The fourth-order valence-corrected chi connectivity index (χ4v) is 2.08. The molecule has 2 nitrogen and oxygen atoms in total. The number of rotatable bonds is 1. The summed E-state index contributed by atoms with van der Waals surface area (Å²) < 4.78 is 13.3. The highest BCUT2D eigenvalue weighted by Crippen LogP contribution is 2.32. The predicted octanol–water partition coefficient (Wildman–Crippen LogP) is 3.69. The smallest absolute Gasteiger partial charge is 0.125 e. The van der Waals surface area contributed by atoms with Crippen LogP contribution in [-0.2, 0) is 0 Å². The number of halogens is 2. The van der Waals surface area contributed by atoms with E-state index in [4.69, 9.17) is 11.6 Å². The zero-order valence-corrected chi connectivity index (χ0v) is 10.1. The third-order valence-electron chi connectivity index (χ3n) is 2.74. The fraction of sp³-hybridized carbons (Fsp3) is 0.250. The number of hydrogen-bond acceptors (Lipinski definition) is 2. The van der Waals surface area contributed by atoms with Crippen LogP contribution in [0.2, 0.25) is 5.02 Å². The lowest BCUT2D eigenvalue weighted by Crippen LogP contribution is -1.99. The molecular formula is C12H12ClFN2. The van der Waals surface area contributed by atoms with E-state index in [-0.39, 0.29) is 5.82 Å². The van der Waals surface area contributed by atoms with Crippen LogP contribution >= 0.6 is 11.6 Å². The quantitative estimate of drug-likeness (QED) is 0.820. The van der Waals surface area contributed by atoms with Gasteiger partial charge in [-0.05, 0) is 31.5 Å². The number of benzene rings is 1. The molecule has 1 aromatic carbocycles. The van der Waals surface area contributed by atoms with Crippen LogP contribution in [-0.4, -0.2) is 12.0 Å². The van der Waals surface area contributed by atoms with Gasteiger partial charge in [-0.3, -0.25) is 4.98 Å². The van der Waals surface area contributed by atoms with Gasteiger partial charge in [0.15, 0.2) is 0 Å². The molecule has 0 aliphatic carbocycles. The molecule has 0 saturated carbocycles. The van der Waals surface area contributed by atoms with E-state index in [1.807, 2.05) is 13.8 Å². The van der Waals surface area contributed by atoms with Crippen molar-refractivity contribution in [3.8, 4) is 0 Å². The number of nitrogens with zero attached hydrogens (tertiary/aromatic N) is 1. The average Bonchev–Trinajstić information content (AvgIpc) is 2.22. The normalized spacial score (nSPS) is 10.8. The van der Waals surface area contributed by atoms with Crippen LogP contribution in [0.5, 0.6) is 0 Å². The van der Waals surface area contributed by atoms with Crippen molar-refractivity contribution < 1.29 is 4.39 Å². The van der Waals surface area contributed by atoms with E-state index in [1.165, 1.54) is 12.1 Å². The first-order chi connectivity index (χ1) is 7.54. The van der Waals surface area contributed by atoms with Gasteiger partial charge in [-0.2, -0.15) is 0 Å². The molecule has 1 heterocycles. The van der Waals surface area contributed by atoms with Crippen molar-refractivity contribution in [2.24, 2.45) is 0 Å². The van der Waals surface area contributed by atoms with E-state index in [1.54, 1.807) is 7.05 Å². The zero-order valence-electron chi connectivity index (χ0n) is 9.36. The van der Waals surface area contributed by atoms with Gasteiger partial charge in [-0.25, -0.2) is 4.39 Å². The highest BCUT2D eigenvalue weighted by Gasteiger charge is 2.11. The van der Waals surface area contributed by atoms with Crippen LogP contribution in [0.3, 0.4) is 0 Å². The highest BCUT2D eigenvalue weighted by molar-refractivity contribution is 6.35. The topological polar surface area (TPSA) is 24.9 Å². The van der Waals surface area contributed by atoms with Crippen molar-refractivity contribution in [3.63, 3.8) is 0 Å². The Labute approximate surface area is 98.4 Å². The van der Waals surface area contributed by atoms with Crippen LogP contribution in [0, 0.1) is 19.7 Å². The minimum Gasteiger partial charge on any atom is -0.387 e. The summed E-state index contributed by atoms with van der Waals surface area (Å²) in [5, 5.41) is 4.13. The molecule has 2 aromatic rings. The number of hydrogen-bond donors (Lipinski definition) is 1. The lowest BCUT2D eigenvalue weighted by molar-refractivity contribution is 0.629. The van der Waals surface area contributed by atoms with Crippen LogP contribution in [0.1, 0.15) is 11.3 Å². The molecule has 0 saturated heterocycles. The molecule has 1 aromatic heterocycles. The number of aryl methyl sites for hydroxylation is 1. The number of nitrogens with one attached hydrogen (secondary N) is 1. The molecular weight excluding hydrogens is 227 g/mol. The molecule has 84 valence electrons. The first kappa shape index (κ1) is 11.1. The number of anilines is 1. The molecule has 0 aliphatic heterocycles. The molecule has 0 atom stereocenters. The molecule has 4 heteroatoms. The summed E-state index contributed by atoms with van der Waals surface area (Å²) in [5.74, 6) is -0.348. The van der Waals surface area contributed by atoms with Crippen molar-refractivity contribution in [3.05, 3.63) is 34.2 Å². The van der Waals surface area contributed by atoms with Crippen molar-refractivity contribution in [2.75, 3.05) is 12.4 Å². The maximum Gasteiger partial charge on any atom is 0.125 e. The van der Waals surface area contributed by atoms with Crippen molar-refractivity contribution in [1.29, 1.82) is 0 Å². The SMILES string of the molecule is CNc1c(C)c(C)nc2c(Cl)cc(F)cc12. The summed E-state index contributed by atoms with van der Waals surface area (Å²) in [5.41, 5.74) is 3.42. The van der Waals surface area contributed by atoms with Gasteiger partial charge >= 0.3 is 0 Å². The Morgan fingerprint density at radius 1 is 1.31 bits per heavy atom. The highest BCUT2D eigenvalue weighted by atomic mass is 35.5. The Kier molecular flexibility index (Phi) is 2.72. The largest absolute Gasteiger partial charge is 0.387 e. The summed E-state index contributed by atoms with van der Waals surface area (Å²) >= 11 is 5.99. The first-order valence-corrected chi connectivity index (χ1v) is 5.36. The average molecular weight is 239 g/mol. The van der Waals surface area contributed by atoms with Crippen molar-refractivity contribution in [1.82, 2.24) is 4.98 Å². The molecule has 0 fully saturated rings. The van der Waals surface area contributed by atoms with E-state index in [0.717, 1.165) is 22.3 Å². The maximum absolute atomic E-state index is 13.3. The Bertz CT molecular complexity index is 567. The maximum atomic E-state index is 13.3. The standard InChI is InChI=1S/C12H12ClFN2/c1-6-7(2)16-12-9(11(6)15-3)4-8(14)5-10(12)13/h4-5H,1-3H3,(H,15,16). The molecule has 0 aliphatic rings. The van der Waals surface area contributed by atoms with Crippen molar-refractivity contribution in [2.45, 2.75) is 13.8 Å². The van der Waals surface area contributed by atoms with Gasteiger partial charge in [0.05, 0.1) is 10.5 Å². The minimum atomic E-state index is -0.348. The molecule has 0 spiro atoms. The molecule has 0 unspecified atom stereocenters. The van der Waals surface area contributed by atoms with Crippen LogP contribution < -0.4 is 5.32 Å². The molecule has 1 N–H and O–H groups in total. The Morgan fingerprint density at radius 3 is 2.62 bits per heavy atom. The van der Waals surface area contributed by atoms with E-state index >= 15 is 0 Å². The van der Waals surface area contributed by atoms with Gasteiger partial charge in [0.1, 0.15) is 5.82 Å². The zero-order chi connectivity index (χ0) is 11.9. The molecule has 2 rings (SSSR count). The molecule has 0 radical (unpaired) electrons. The Balaban J connectivity index is 2.96. The van der Waals surface area contributed by atoms with Gasteiger partial charge in [-0.15, -0.1) is 0 Å². The van der Waals surface area contributed by atoms with E-state index < -0.39 is 0 Å². The second-order valence-electron chi connectivity index (χ2n) is 3.73. The van der Waals surface area contributed by atoms with Crippen molar-refractivity contribution >= 4 is 28.2 Å². The van der Waals surface area contributed by atoms with E-state index in [9.17, 15) is 4.39 Å². The second kappa shape index (κ2) is 3.91. The fourth-order valence-electron chi connectivity index (χ4n) is 1.83. The summed E-state index contributed by atoms with van der Waals surface area (Å²) in [6.45, 7) is 3.86. The molecule has 0 amide bonds. The van der Waals surface area contributed by atoms with Gasteiger partial charge in [-0.1, -0.05) is 11.6 Å². The monoisotopic (exact) mass is 238 g/mol.